The highest BCUT2D eigenvalue weighted by Crippen LogP contribution is 2.29. The molecule has 0 aliphatic carbocycles. The lowest BCUT2D eigenvalue weighted by atomic mass is 10.2. The van der Waals surface area contributed by atoms with Gasteiger partial charge in [-0.3, -0.25) is 4.79 Å². The van der Waals surface area contributed by atoms with Gasteiger partial charge < -0.3 is 19.5 Å². The van der Waals surface area contributed by atoms with Crippen LogP contribution < -0.4 is 19.5 Å². The number of ether oxygens (including phenoxy) is 3. The summed E-state index contributed by atoms with van der Waals surface area (Å²) in [5.74, 6) is 1.77. The summed E-state index contributed by atoms with van der Waals surface area (Å²) in [5.41, 5.74) is 2.61. The van der Waals surface area contributed by atoms with Gasteiger partial charge in [-0.1, -0.05) is 36.4 Å². The third kappa shape index (κ3) is 5.87. The van der Waals surface area contributed by atoms with E-state index in [0.29, 0.717) is 23.8 Å². The minimum Gasteiger partial charge on any atom is -0.497 e. The van der Waals surface area contributed by atoms with Crippen LogP contribution in [0.3, 0.4) is 0 Å². The van der Waals surface area contributed by atoms with Crippen molar-refractivity contribution in [2.45, 2.75) is 6.61 Å². The normalized spacial score (nSPS) is 10.6. The zero-order valence-electron chi connectivity index (χ0n) is 16.4. The van der Waals surface area contributed by atoms with Crippen LogP contribution in [0.25, 0.3) is 6.08 Å². The molecule has 3 aromatic carbocycles. The number of amides is 1. The summed E-state index contributed by atoms with van der Waals surface area (Å²) >= 11 is 0. The van der Waals surface area contributed by atoms with E-state index in [4.69, 9.17) is 14.2 Å². The maximum atomic E-state index is 12.1. The second-order valence-corrected chi connectivity index (χ2v) is 6.24. The van der Waals surface area contributed by atoms with Crippen LogP contribution in [0.1, 0.15) is 11.1 Å². The summed E-state index contributed by atoms with van der Waals surface area (Å²) in [6, 6.07) is 22.6. The van der Waals surface area contributed by atoms with Crippen LogP contribution in [-0.2, 0) is 11.4 Å². The largest absolute Gasteiger partial charge is 0.497 e. The fourth-order valence-corrected chi connectivity index (χ4v) is 2.67. The van der Waals surface area contributed by atoms with Crippen LogP contribution in [0.2, 0.25) is 0 Å². The molecular formula is C24H23NO4. The van der Waals surface area contributed by atoms with Crippen molar-refractivity contribution in [1.29, 1.82) is 0 Å². The van der Waals surface area contributed by atoms with Crippen LogP contribution in [-0.4, -0.2) is 20.1 Å². The summed E-state index contributed by atoms with van der Waals surface area (Å²) in [6.45, 7) is 0.455. The number of benzene rings is 3. The Labute approximate surface area is 170 Å². The van der Waals surface area contributed by atoms with Gasteiger partial charge >= 0.3 is 0 Å². The summed E-state index contributed by atoms with van der Waals surface area (Å²) in [6.07, 6.45) is 3.20. The van der Waals surface area contributed by atoms with Gasteiger partial charge in [-0.15, -0.1) is 0 Å². The Balaban J connectivity index is 1.61. The van der Waals surface area contributed by atoms with Gasteiger partial charge in [-0.25, -0.2) is 0 Å². The molecule has 0 saturated heterocycles. The molecule has 3 rings (SSSR count). The Bertz CT molecular complexity index is 966. The van der Waals surface area contributed by atoms with E-state index in [1.165, 1.54) is 6.08 Å². The van der Waals surface area contributed by atoms with E-state index < -0.39 is 0 Å². The van der Waals surface area contributed by atoms with Gasteiger partial charge in [0, 0.05) is 11.8 Å². The minimum atomic E-state index is -0.224. The number of hydrogen-bond acceptors (Lipinski definition) is 4. The molecule has 0 aliphatic rings. The van der Waals surface area contributed by atoms with Gasteiger partial charge in [0.15, 0.2) is 11.5 Å². The van der Waals surface area contributed by atoms with Crippen molar-refractivity contribution in [3.63, 3.8) is 0 Å². The van der Waals surface area contributed by atoms with Crippen LogP contribution in [0.4, 0.5) is 5.69 Å². The lowest BCUT2D eigenvalue weighted by Gasteiger charge is -2.11. The number of rotatable bonds is 8. The summed E-state index contributed by atoms with van der Waals surface area (Å²) < 4.78 is 16.4. The van der Waals surface area contributed by atoms with Crippen LogP contribution >= 0.6 is 0 Å². The van der Waals surface area contributed by atoms with E-state index in [-0.39, 0.29) is 5.91 Å². The molecule has 0 unspecified atom stereocenters. The number of carbonyl (C=O) groups excluding carboxylic acids is 1. The Morgan fingerprint density at radius 2 is 1.66 bits per heavy atom. The van der Waals surface area contributed by atoms with Crippen molar-refractivity contribution in [3.05, 3.63) is 90.0 Å². The Morgan fingerprint density at radius 3 is 2.34 bits per heavy atom. The van der Waals surface area contributed by atoms with Gasteiger partial charge in [0.2, 0.25) is 5.91 Å². The molecule has 148 valence electrons. The second-order valence-electron chi connectivity index (χ2n) is 6.24. The first-order valence-corrected chi connectivity index (χ1v) is 9.16. The second kappa shape index (κ2) is 9.99. The molecule has 5 heteroatoms. The van der Waals surface area contributed by atoms with Crippen molar-refractivity contribution in [3.8, 4) is 17.2 Å². The van der Waals surface area contributed by atoms with Crippen molar-refractivity contribution in [2.24, 2.45) is 0 Å². The Morgan fingerprint density at radius 1 is 0.897 bits per heavy atom. The molecule has 0 atom stereocenters. The zero-order chi connectivity index (χ0) is 20.5. The predicted molar refractivity (Wildman–Crippen MR) is 114 cm³/mol. The van der Waals surface area contributed by atoms with Gasteiger partial charge in [0.05, 0.1) is 14.2 Å². The molecule has 29 heavy (non-hydrogen) atoms. The highest BCUT2D eigenvalue weighted by molar-refractivity contribution is 6.01. The molecule has 0 spiro atoms. The standard InChI is InChI=1S/C24H23NO4/c1-27-21-12-10-20(11-13-21)25-24(26)15-9-18-8-14-22(23(16-18)28-2)29-17-19-6-4-3-5-7-19/h3-16H,17H2,1-2H3,(H,25,26). The van der Waals surface area contributed by atoms with Crippen molar-refractivity contribution in [1.82, 2.24) is 0 Å². The molecule has 0 heterocycles. The fourth-order valence-electron chi connectivity index (χ4n) is 2.67. The van der Waals surface area contributed by atoms with Gasteiger partial charge in [-0.05, 0) is 53.6 Å². The number of anilines is 1. The minimum absolute atomic E-state index is 0.224. The van der Waals surface area contributed by atoms with E-state index >= 15 is 0 Å². The van der Waals surface area contributed by atoms with Crippen LogP contribution in [0.15, 0.2) is 78.9 Å². The molecule has 0 aromatic heterocycles. The molecule has 0 bridgehead atoms. The third-order valence-electron chi connectivity index (χ3n) is 4.21. The maximum Gasteiger partial charge on any atom is 0.248 e. The third-order valence-corrected chi connectivity index (χ3v) is 4.21. The monoisotopic (exact) mass is 389 g/mol. The first-order valence-electron chi connectivity index (χ1n) is 9.16. The molecule has 3 aromatic rings. The summed E-state index contributed by atoms with van der Waals surface area (Å²) in [7, 11) is 3.19. The van der Waals surface area contributed by atoms with Crippen LogP contribution in [0.5, 0.6) is 17.2 Å². The van der Waals surface area contributed by atoms with E-state index in [1.807, 2.05) is 48.5 Å². The SMILES string of the molecule is COc1ccc(NC(=O)C=Cc2ccc(OCc3ccccc3)c(OC)c2)cc1. The molecule has 0 radical (unpaired) electrons. The molecule has 1 amide bonds. The van der Waals surface area contributed by atoms with Crippen molar-refractivity contribution >= 4 is 17.7 Å². The maximum absolute atomic E-state index is 12.1. The van der Waals surface area contributed by atoms with Gasteiger partial charge in [0.25, 0.3) is 0 Å². The van der Waals surface area contributed by atoms with E-state index in [1.54, 1.807) is 44.6 Å². The number of methoxy groups -OCH3 is 2. The average molecular weight is 389 g/mol. The summed E-state index contributed by atoms with van der Waals surface area (Å²) in [4.78, 5) is 12.1. The molecule has 0 fully saturated rings. The van der Waals surface area contributed by atoms with E-state index in [0.717, 1.165) is 16.9 Å². The van der Waals surface area contributed by atoms with Gasteiger partial charge in [-0.2, -0.15) is 0 Å². The van der Waals surface area contributed by atoms with Crippen molar-refractivity contribution < 1.29 is 19.0 Å². The topological polar surface area (TPSA) is 56.8 Å². The lowest BCUT2D eigenvalue weighted by molar-refractivity contribution is -0.111. The van der Waals surface area contributed by atoms with Crippen LogP contribution in [0, 0.1) is 0 Å². The van der Waals surface area contributed by atoms with E-state index in [9.17, 15) is 4.79 Å². The first-order chi connectivity index (χ1) is 14.2. The number of nitrogens with one attached hydrogen (secondary N) is 1. The Hall–Kier alpha value is -3.73. The highest BCUT2D eigenvalue weighted by Gasteiger charge is 2.06. The molecule has 0 saturated carbocycles. The molecule has 5 nitrogen and oxygen atoms in total. The molecule has 0 aliphatic heterocycles. The smallest absolute Gasteiger partial charge is 0.248 e. The molecule has 1 N–H and O–H groups in total. The van der Waals surface area contributed by atoms with E-state index in [2.05, 4.69) is 5.32 Å². The molecular weight excluding hydrogens is 366 g/mol. The summed E-state index contributed by atoms with van der Waals surface area (Å²) in [5, 5.41) is 2.80. The quantitative estimate of drug-likeness (QED) is 0.555. The van der Waals surface area contributed by atoms with Crippen molar-refractivity contribution in [2.75, 3.05) is 19.5 Å². The lowest BCUT2D eigenvalue weighted by Crippen LogP contribution is -2.07. The van der Waals surface area contributed by atoms with Gasteiger partial charge in [0.1, 0.15) is 12.4 Å². The number of carbonyl (C=O) groups is 1. The average Bonchev–Trinajstić information content (AvgIpc) is 2.77. The highest BCUT2D eigenvalue weighted by atomic mass is 16.5. The fraction of sp³-hybridized carbons (Fsp3) is 0.125. The number of hydrogen-bond donors (Lipinski definition) is 1. The first kappa shape index (κ1) is 20.0. The predicted octanol–water partition coefficient (Wildman–Crippen LogP) is 4.93. The Kier molecular flexibility index (Phi) is 6.90. The zero-order valence-corrected chi connectivity index (χ0v) is 16.4.